The molecule has 8 nitrogen and oxygen atoms in total. The van der Waals surface area contributed by atoms with Crippen molar-refractivity contribution in [1.82, 2.24) is 24.9 Å². The molecule has 0 aliphatic heterocycles. The Kier molecular flexibility index (Phi) is 6.38. The number of anilines is 2. The van der Waals surface area contributed by atoms with E-state index in [0.29, 0.717) is 30.2 Å². The average molecular weight is 476 g/mol. The molecule has 0 amide bonds. The van der Waals surface area contributed by atoms with Gasteiger partial charge < -0.3 is 15.7 Å². The Hall–Kier alpha value is -3.17. The molecule has 0 unspecified atom stereocenters. The number of rotatable bonds is 7. The van der Waals surface area contributed by atoms with Gasteiger partial charge in [0.2, 0.25) is 5.95 Å². The standard InChI is InChI=1S/C25H29N7OS/c1-14-15(2)19(11-17(14)13-33)30-23-22(24-31-18-7-4-5-8-20(18)34-24)16(3)29-25(32-23)28-12-21-26-9-6-10-27-21/h4-10,14-15,17,19,33H,11-13H2,1-3H3,(H2,28,29,30,32)/t14-,15+,17+,19+/m0/s1. The van der Waals surface area contributed by atoms with Gasteiger partial charge in [-0.3, -0.25) is 0 Å². The molecule has 1 aromatic carbocycles. The molecule has 1 aliphatic rings. The molecule has 0 radical (unpaired) electrons. The van der Waals surface area contributed by atoms with Gasteiger partial charge >= 0.3 is 0 Å². The van der Waals surface area contributed by atoms with Gasteiger partial charge in [-0.05, 0) is 49.3 Å². The highest BCUT2D eigenvalue weighted by Gasteiger charge is 2.38. The maximum Gasteiger partial charge on any atom is 0.225 e. The van der Waals surface area contributed by atoms with Gasteiger partial charge in [-0.1, -0.05) is 26.0 Å². The largest absolute Gasteiger partial charge is 0.396 e. The van der Waals surface area contributed by atoms with Crippen LogP contribution < -0.4 is 10.6 Å². The van der Waals surface area contributed by atoms with Gasteiger partial charge in [0.15, 0.2) is 0 Å². The van der Waals surface area contributed by atoms with E-state index in [4.69, 9.17) is 15.0 Å². The maximum atomic E-state index is 9.83. The molecule has 9 heteroatoms. The normalized spacial score (nSPS) is 22.2. The van der Waals surface area contributed by atoms with E-state index in [0.717, 1.165) is 38.7 Å². The smallest absolute Gasteiger partial charge is 0.225 e. The number of fused-ring (bicyclic) bond motifs is 1. The van der Waals surface area contributed by atoms with Crippen LogP contribution in [0.15, 0.2) is 42.7 Å². The molecule has 1 fully saturated rings. The zero-order valence-corrected chi connectivity index (χ0v) is 20.4. The second-order valence-electron chi connectivity index (χ2n) is 9.01. The van der Waals surface area contributed by atoms with Gasteiger partial charge in [-0.15, -0.1) is 11.3 Å². The van der Waals surface area contributed by atoms with Crippen molar-refractivity contribution in [2.75, 3.05) is 17.2 Å². The number of aromatic nitrogens is 5. The zero-order valence-electron chi connectivity index (χ0n) is 19.6. The van der Waals surface area contributed by atoms with E-state index in [9.17, 15) is 5.11 Å². The van der Waals surface area contributed by atoms with Crippen LogP contribution in [0.25, 0.3) is 20.8 Å². The van der Waals surface area contributed by atoms with Crippen molar-refractivity contribution in [3.63, 3.8) is 0 Å². The van der Waals surface area contributed by atoms with Crippen LogP contribution in [0.2, 0.25) is 0 Å². The highest BCUT2D eigenvalue weighted by atomic mass is 32.1. The molecule has 34 heavy (non-hydrogen) atoms. The minimum atomic E-state index is 0.208. The summed E-state index contributed by atoms with van der Waals surface area (Å²) < 4.78 is 1.13. The zero-order chi connectivity index (χ0) is 23.7. The lowest BCUT2D eigenvalue weighted by Crippen LogP contribution is -2.25. The number of aryl methyl sites for hydroxylation is 1. The summed E-state index contributed by atoms with van der Waals surface area (Å²) >= 11 is 1.65. The molecule has 4 aromatic rings. The number of nitrogens with one attached hydrogen (secondary N) is 2. The minimum absolute atomic E-state index is 0.208. The summed E-state index contributed by atoms with van der Waals surface area (Å²) in [5, 5.41) is 17.7. The number of thiazole rings is 1. The first-order valence-electron chi connectivity index (χ1n) is 11.6. The highest BCUT2D eigenvalue weighted by Crippen LogP contribution is 2.41. The first-order chi connectivity index (χ1) is 16.5. The molecule has 1 aliphatic carbocycles. The second kappa shape index (κ2) is 9.60. The molecule has 176 valence electrons. The van der Waals surface area contributed by atoms with E-state index in [1.165, 1.54) is 0 Å². The number of aliphatic hydroxyl groups excluding tert-OH is 1. The number of nitrogens with zero attached hydrogens (tertiary/aromatic N) is 5. The van der Waals surface area contributed by atoms with Gasteiger partial charge in [0, 0.05) is 25.0 Å². The van der Waals surface area contributed by atoms with Crippen LogP contribution in [-0.2, 0) is 6.54 Å². The third-order valence-corrected chi connectivity index (χ3v) is 8.00. The molecule has 0 saturated heterocycles. The van der Waals surface area contributed by atoms with Crippen molar-refractivity contribution >= 4 is 33.3 Å². The highest BCUT2D eigenvalue weighted by molar-refractivity contribution is 7.21. The van der Waals surface area contributed by atoms with Crippen LogP contribution in [0.5, 0.6) is 0 Å². The van der Waals surface area contributed by atoms with Crippen molar-refractivity contribution in [2.24, 2.45) is 17.8 Å². The molecule has 1 saturated carbocycles. The van der Waals surface area contributed by atoms with Crippen molar-refractivity contribution in [2.45, 2.75) is 39.8 Å². The topological polar surface area (TPSA) is 109 Å². The summed E-state index contributed by atoms with van der Waals surface area (Å²) in [6.07, 6.45) is 4.35. The average Bonchev–Trinajstić information content (AvgIpc) is 3.39. The maximum absolute atomic E-state index is 9.83. The monoisotopic (exact) mass is 475 g/mol. The van der Waals surface area contributed by atoms with Gasteiger partial charge in [0.1, 0.15) is 16.6 Å². The summed E-state index contributed by atoms with van der Waals surface area (Å²) in [6, 6.07) is 10.1. The Morgan fingerprint density at radius 2 is 1.82 bits per heavy atom. The van der Waals surface area contributed by atoms with E-state index in [2.05, 4.69) is 40.5 Å². The fourth-order valence-electron chi connectivity index (χ4n) is 4.73. The first-order valence-corrected chi connectivity index (χ1v) is 12.5. The molecular formula is C25H29N7OS. The van der Waals surface area contributed by atoms with E-state index in [1.807, 2.05) is 25.1 Å². The number of hydrogen-bond donors (Lipinski definition) is 3. The lowest BCUT2D eigenvalue weighted by atomic mass is 9.92. The van der Waals surface area contributed by atoms with Crippen molar-refractivity contribution in [3.05, 3.63) is 54.2 Å². The predicted octanol–water partition coefficient (Wildman–Crippen LogP) is 4.53. The van der Waals surface area contributed by atoms with Crippen LogP contribution in [0.4, 0.5) is 11.8 Å². The fraction of sp³-hybridized carbons (Fsp3) is 0.400. The van der Waals surface area contributed by atoms with E-state index < -0.39 is 0 Å². The SMILES string of the molecule is Cc1nc(NCc2ncccn2)nc(N[C@@H]2C[C@H](CO)[C@@H](C)[C@H]2C)c1-c1nc2ccccc2s1. The summed E-state index contributed by atoms with van der Waals surface area (Å²) in [5.41, 5.74) is 2.75. The lowest BCUT2D eigenvalue weighted by Gasteiger charge is -2.22. The molecule has 3 N–H and O–H groups in total. The lowest BCUT2D eigenvalue weighted by molar-refractivity contribution is 0.191. The number of benzene rings is 1. The summed E-state index contributed by atoms with van der Waals surface area (Å²) in [5.74, 6) is 3.10. The Bertz CT molecular complexity index is 1250. The number of para-hydroxylation sites is 1. The number of hydrogen-bond acceptors (Lipinski definition) is 9. The van der Waals surface area contributed by atoms with Crippen LogP contribution in [-0.4, -0.2) is 42.7 Å². The summed E-state index contributed by atoms with van der Waals surface area (Å²) in [4.78, 5) is 23.1. The Labute approximate surface area is 203 Å². The van der Waals surface area contributed by atoms with Crippen molar-refractivity contribution < 1.29 is 5.11 Å². The van der Waals surface area contributed by atoms with Gasteiger partial charge in [-0.25, -0.2) is 19.9 Å². The van der Waals surface area contributed by atoms with Crippen LogP contribution >= 0.6 is 11.3 Å². The second-order valence-corrected chi connectivity index (χ2v) is 10.0. The molecule has 3 aromatic heterocycles. The van der Waals surface area contributed by atoms with Gasteiger partial charge in [0.25, 0.3) is 0 Å². The third kappa shape index (κ3) is 4.45. The Morgan fingerprint density at radius 1 is 1.03 bits per heavy atom. The fourth-order valence-corrected chi connectivity index (χ4v) is 5.79. The minimum Gasteiger partial charge on any atom is -0.396 e. The molecular weight excluding hydrogens is 446 g/mol. The van der Waals surface area contributed by atoms with Crippen molar-refractivity contribution in [1.29, 1.82) is 0 Å². The molecule has 0 bridgehead atoms. The van der Waals surface area contributed by atoms with Gasteiger partial charge in [0.05, 0.1) is 28.0 Å². The third-order valence-electron chi connectivity index (χ3n) is 6.94. The first kappa shape index (κ1) is 22.6. The van der Waals surface area contributed by atoms with Crippen molar-refractivity contribution in [3.8, 4) is 10.6 Å². The van der Waals surface area contributed by atoms with E-state index >= 15 is 0 Å². The number of aliphatic hydroxyl groups is 1. The molecule has 4 atom stereocenters. The quantitative estimate of drug-likeness (QED) is 0.358. The predicted molar refractivity (Wildman–Crippen MR) is 136 cm³/mol. The van der Waals surface area contributed by atoms with Crippen LogP contribution in [0.3, 0.4) is 0 Å². The van der Waals surface area contributed by atoms with Crippen LogP contribution in [0, 0.1) is 24.7 Å². The van der Waals surface area contributed by atoms with E-state index in [1.54, 1.807) is 29.8 Å². The van der Waals surface area contributed by atoms with E-state index in [-0.39, 0.29) is 18.6 Å². The Morgan fingerprint density at radius 3 is 2.56 bits per heavy atom. The molecule has 5 rings (SSSR count). The molecule has 3 heterocycles. The summed E-state index contributed by atoms with van der Waals surface area (Å²) in [6.45, 7) is 7.11. The van der Waals surface area contributed by atoms with Gasteiger partial charge in [-0.2, -0.15) is 4.98 Å². The molecule has 0 spiro atoms. The van der Waals surface area contributed by atoms with Crippen LogP contribution in [0.1, 0.15) is 31.8 Å². The summed E-state index contributed by atoms with van der Waals surface area (Å²) in [7, 11) is 0. The Balaban J connectivity index is 1.51.